The van der Waals surface area contributed by atoms with Crippen molar-refractivity contribution in [2.75, 3.05) is 13.2 Å². The first-order chi connectivity index (χ1) is 12.2. The van der Waals surface area contributed by atoms with E-state index in [1.54, 1.807) is 24.3 Å². The van der Waals surface area contributed by atoms with Gasteiger partial charge in [-0.15, -0.1) is 0 Å². The lowest BCUT2D eigenvalue weighted by Gasteiger charge is -2.26. The van der Waals surface area contributed by atoms with Crippen molar-refractivity contribution in [3.05, 3.63) is 65.2 Å². The average molecular weight is 341 g/mol. The summed E-state index contributed by atoms with van der Waals surface area (Å²) in [5, 5.41) is 11.9. The maximum atomic E-state index is 12.1. The first-order valence-electron chi connectivity index (χ1n) is 8.05. The molecule has 0 aromatic heterocycles. The van der Waals surface area contributed by atoms with Crippen LogP contribution in [0.3, 0.4) is 0 Å². The minimum Gasteiger partial charge on any atom is -0.493 e. The highest BCUT2D eigenvalue weighted by Gasteiger charge is 2.23. The van der Waals surface area contributed by atoms with Gasteiger partial charge in [0.05, 0.1) is 24.8 Å². The van der Waals surface area contributed by atoms with E-state index in [2.05, 4.69) is 5.32 Å². The Hall–Kier alpha value is -2.86. The molecule has 1 aliphatic heterocycles. The monoisotopic (exact) mass is 341 g/mol. The topological polar surface area (TPSA) is 84.9 Å². The van der Waals surface area contributed by atoms with Gasteiger partial charge < -0.3 is 19.9 Å². The Kier molecular flexibility index (Phi) is 5.30. The third-order valence-electron chi connectivity index (χ3n) is 4.00. The Morgan fingerprint density at radius 2 is 1.92 bits per heavy atom. The molecule has 0 spiro atoms. The summed E-state index contributed by atoms with van der Waals surface area (Å²) in [4.78, 5) is 24.0. The van der Waals surface area contributed by atoms with Crippen LogP contribution in [0.1, 0.15) is 33.9 Å². The van der Waals surface area contributed by atoms with Crippen LogP contribution in [-0.2, 0) is 16.1 Å². The van der Waals surface area contributed by atoms with E-state index in [0.717, 1.165) is 11.3 Å². The van der Waals surface area contributed by atoms with E-state index >= 15 is 0 Å². The van der Waals surface area contributed by atoms with E-state index in [-0.39, 0.29) is 25.2 Å². The van der Waals surface area contributed by atoms with Crippen LogP contribution in [0.15, 0.2) is 48.5 Å². The number of esters is 1. The Morgan fingerprint density at radius 1 is 1.16 bits per heavy atom. The number of hydrogen-bond acceptors (Lipinski definition) is 5. The summed E-state index contributed by atoms with van der Waals surface area (Å²) in [7, 11) is 0. The van der Waals surface area contributed by atoms with Gasteiger partial charge >= 0.3 is 5.97 Å². The number of amides is 1. The summed E-state index contributed by atoms with van der Waals surface area (Å²) in [6.07, 6.45) is 0.666. The van der Waals surface area contributed by atoms with Crippen LogP contribution in [-0.4, -0.2) is 30.2 Å². The molecule has 0 saturated carbocycles. The Morgan fingerprint density at radius 3 is 2.68 bits per heavy atom. The quantitative estimate of drug-likeness (QED) is 0.812. The molecule has 2 aromatic carbocycles. The molecule has 3 rings (SSSR count). The van der Waals surface area contributed by atoms with Gasteiger partial charge in [-0.3, -0.25) is 4.79 Å². The minimum absolute atomic E-state index is 0.0929. The van der Waals surface area contributed by atoms with E-state index in [4.69, 9.17) is 14.6 Å². The number of para-hydroxylation sites is 1. The van der Waals surface area contributed by atoms with E-state index in [0.29, 0.717) is 24.2 Å². The first-order valence-corrected chi connectivity index (χ1v) is 8.05. The highest BCUT2D eigenvalue weighted by molar-refractivity contribution is 5.91. The van der Waals surface area contributed by atoms with E-state index < -0.39 is 5.97 Å². The van der Waals surface area contributed by atoms with Gasteiger partial charge in [-0.05, 0) is 23.8 Å². The summed E-state index contributed by atoms with van der Waals surface area (Å²) in [5.74, 6) is -0.172. The third kappa shape index (κ3) is 4.16. The summed E-state index contributed by atoms with van der Waals surface area (Å²) in [5.41, 5.74) is 1.96. The normalized spacial score (nSPS) is 15.6. The molecule has 0 radical (unpaired) electrons. The molecule has 1 atom stereocenters. The predicted molar refractivity (Wildman–Crippen MR) is 90.1 cm³/mol. The minimum atomic E-state index is -0.577. The lowest BCUT2D eigenvalue weighted by Crippen LogP contribution is -2.35. The van der Waals surface area contributed by atoms with E-state index in [1.165, 1.54) is 0 Å². The second-order valence-corrected chi connectivity index (χ2v) is 5.73. The zero-order valence-electron chi connectivity index (χ0n) is 13.6. The van der Waals surface area contributed by atoms with Gasteiger partial charge in [-0.2, -0.15) is 0 Å². The predicted octanol–water partition coefficient (Wildman–Crippen LogP) is 1.98. The van der Waals surface area contributed by atoms with Crippen molar-refractivity contribution >= 4 is 11.9 Å². The van der Waals surface area contributed by atoms with Crippen LogP contribution >= 0.6 is 0 Å². The van der Waals surface area contributed by atoms with E-state index in [9.17, 15) is 9.59 Å². The third-order valence-corrected chi connectivity index (χ3v) is 4.00. The highest BCUT2D eigenvalue weighted by atomic mass is 16.5. The van der Waals surface area contributed by atoms with Crippen molar-refractivity contribution in [2.45, 2.75) is 19.1 Å². The van der Waals surface area contributed by atoms with Gasteiger partial charge in [-0.25, -0.2) is 4.79 Å². The Labute approximate surface area is 145 Å². The molecular formula is C19H19NO5. The molecule has 1 amide bonds. The second-order valence-electron chi connectivity index (χ2n) is 5.73. The molecule has 6 nitrogen and oxygen atoms in total. The van der Waals surface area contributed by atoms with Crippen LogP contribution in [0, 0.1) is 0 Å². The number of carbonyl (C=O) groups is 2. The Bertz CT molecular complexity index is 757. The van der Waals surface area contributed by atoms with Crippen molar-refractivity contribution in [3.63, 3.8) is 0 Å². The molecular weight excluding hydrogens is 322 g/mol. The molecule has 0 saturated heterocycles. The van der Waals surface area contributed by atoms with Crippen molar-refractivity contribution in [3.8, 4) is 5.75 Å². The summed E-state index contributed by atoms with van der Waals surface area (Å²) < 4.78 is 10.6. The fraction of sp³-hybridized carbons (Fsp3) is 0.263. The fourth-order valence-electron chi connectivity index (χ4n) is 2.69. The summed E-state index contributed by atoms with van der Waals surface area (Å²) >= 11 is 0. The molecule has 1 heterocycles. The first kappa shape index (κ1) is 17.0. The van der Waals surface area contributed by atoms with Crippen LogP contribution in [0.2, 0.25) is 0 Å². The number of aliphatic hydroxyl groups excluding tert-OH is 1. The fourth-order valence-corrected chi connectivity index (χ4v) is 2.69. The van der Waals surface area contributed by atoms with E-state index in [1.807, 2.05) is 24.3 Å². The second kappa shape index (κ2) is 7.81. The zero-order valence-corrected chi connectivity index (χ0v) is 13.6. The van der Waals surface area contributed by atoms with Gasteiger partial charge in [0, 0.05) is 12.0 Å². The van der Waals surface area contributed by atoms with Gasteiger partial charge in [0.2, 0.25) is 0 Å². The maximum Gasteiger partial charge on any atom is 0.338 e. The van der Waals surface area contributed by atoms with Crippen molar-refractivity contribution in [2.24, 2.45) is 0 Å². The van der Waals surface area contributed by atoms with Gasteiger partial charge in [0.1, 0.15) is 5.75 Å². The van der Waals surface area contributed by atoms with Gasteiger partial charge in [-0.1, -0.05) is 30.3 Å². The standard InChI is InChI=1S/C19H19NO5/c21-11-13-5-7-14(8-6-13)19(23)25-12-18(22)20-16-9-10-24-17-4-2-1-3-15(16)17/h1-8,16,21H,9-12H2,(H,20,22). The molecule has 1 unspecified atom stereocenters. The van der Waals surface area contributed by atoms with Crippen LogP contribution in [0.5, 0.6) is 5.75 Å². The number of fused-ring (bicyclic) bond motifs is 1. The summed E-state index contributed by atoms with van der Waals surface area (Å²) in [6, 6.07) is 13.8. The smallest absolute Gasteiger partial charge is 0.338 e. The highest BCUT2D eigenvalue weighted by Crippen LogP contribution is 2.31. The van der Waals surface area contributed by atoms with Crippen molar-refractivity contribution in [1.29, 1.82) is 0 Å². The number of aliphatic hydroxyl groups is 1. The van der Waals surface area contributed by atoms with Crippen LogP contribution in [0.25, 0.3) is 0 Å². The van der Waals surface area contributed by atoms with Crippen molar-refractivity contribution in [1.82, 2.24) is 5.32 Å². The lowest BCUT2D eigenvalue weighted by molar-refractivity contribution is -0.125. The largest absolute Gasteiger partial charge is 0.493 e. The van der Waals surface area contributed by atoms with Crippen molar-refractivity contribution < 1.29 is 24.2 Å². The molecule has 0 bridgehead atoms. The maximum absolute atomic E-state index is 12.1. The molecule has 130 valence electrons. The zero-order chi connectivity index (χ0) is 17.6. The molecule has 0 aliphatic carbocycles. The molecule has 2 aromatic rings. The number of ether oxygens (including phenoxy) is 2. The molecule has 0 fully saturated rings. The van der Waals surface area contributed by atoms with Crippen LogP contribution in [0.4, 0.5) is 0 Å². The molecule has 2 N–H and O–H groups in total. The van der Waals surface area contributed by atoms with Gasteiger partial charge in [0.25, 0.3) is 5.91 Å². The average Bonchev–Trinajstić information content (AvgIpc) is 2.66. The molecule has 6 heteroatoms. The number of carbonyl (C=O) groups excluding carboxylic acids is 2. The Balaban J connectivity index is 1.54. The molecule has 25 heavy (non-hydrogen) atoms. The number of nitrogens with one attached hydrogen (secondary N) is 1. The van der Waals surface area contributed by atoms with Crippen LogP contribution < -0.4 is 10.1 Å². The number of hydrogen-bond donors (Lipinski definition) is 2. The van der Waals surface area contributed by atoms with Gasteiger partial charge in [0.15, 0.2) is 6.61 Å². The number of benzene rings is 2. The summed E-state index contributed by atoms with van der Waals surface area (Å²) in [6.45, 7) is 0.0867. The number of rotatable bonds is 5. The SMILES string of the molecule is O=C(COC(=O)c1ccc(CO)cc1)NC1CCOc2ccccc21. The lowest BCUT2D eigenvalue weighted by atomic mass is 10.0. The molecule has 1 aliphatic rings.